The van der Waals surface area contributed by atoms with E-state index in [9.17, 15) is 22.8 Å². The highest BCUT2D eigenvalue weighted by Gasteiger charge is 2.56. The molecule has 21 heavy (non-hydrogen) atoms. The molecule has 1 saturated heterocycles. The van der Waals surface area contributed by atoms with Gasteiger partial charge in [0.2, 0.25) is 11.8 Å². The van der Waals surface area contributed by atoms with E-state index in [1.165, 1.54) is 0 Å². The summed E-state index contributed by atoms with van der Waals surface area (Å²) in [4.78, 5) is 26.3. The van der Waals surface area contributed by atoms with Gasteiger partial charge in [0.25, 0.3) is 0 Å². The maximum absolute atomic E-state index is 12.7. The summed E-state index contributed by atoms with van der Waals surface area (Å²) in [5.74, 6) is -0.693. The molecule has 4 nitrogen and oxygen atoms in total. The molecule has 1 saturated carbocycles. The molecule has 1 atom stereocenters. The Morgan fingerprint density at radius 1 is 1.24 bits per heavy atom. The second-order valence-corrected chi connectivity index (χ2v) is 6.19. The van der Waals surface area contributed by atoms with E-state index in [-0.39, 0.29) is 11.8 Å². The van der Waals surface area contributed by atoms with Gasteiger partial charge in [-0.3, -0.25) is 9.59 Å². The zero-order chi connectivity index (χ0) is 15.9. The van der Waals surface area contributed by atoms with Crippen molar-refractivity contribution in [2.75, 3.05) is 6.54 Å². The van der Waals surface area contributed by atoms with Crippen molar-refractivity contribution < 1.29 is 22.8 Å². The van der Waals surface area contributed by atoms with E-state index >= 15 is 0 Å². The lowest BCUT2D eigenvalue weighted by Gasteiger charge is -2.50. The van der Waals surface area contributed by atoms with Crippen LogP contribution in [0.2, 0.25) is 0 Å². The summed E-state index contributed by atoms with van der Waals surface area (Å²) in [5.41, 5.74) is -2.17. The minimum atomic E-state index is -4.34. The van der Waals surface area contributed by atoms with Crippen LogP contribution >= 0.6 is 0 Å². The number of carbonyl (C=O) groups is 2. The Morgan fingerprint density at radius 2 is 1.81 bits per heavy atom. The molecule has 0 bridgehead atoms. The fraction of sp³-hybridized carbons (Fsp3) is 0.857. The van der Waals surface area contributed by atoms with Crippen molar-refractivity contribution in [3.63, 3.8) is 0 Å². The number of hydrogen-bond donors (Lipinski definition) is 1. The van der Waals surface area contributed by atoms with Gasteiger partial charge in [0.15, 0.2) is 0 Å². The van der Waals surface area contributed by atoms with Gasteiger partial charge < -0.3 is 10.2 Å². The van der Waals surface area contributed by atoms with Crippen LogP contribution in [0, 0.1) is 0 Å². The number of piperazine rings is 1. The van der Waals surface area contributed by atoms with Gasteiger partial charge in [-0.25, -0.2) is 0 Å². The molecule has 0 radical (unpaired) electrons. The van der Waals surface area contributed by atoms with Gasteiger partial charge in [-0.2, -0.15) is 13.2 Å². The topological polar surface area (TPSA) is 49.4 Å². The first-order valence-electron chi connectivity index (χ1n) is 7.36. The zero-order valence-electron chi connectivity index (χ0n) is 12.3. The van der Waals surface area contributed by atoms with Crippen molar-refractivity contribution in [1.82, 2.24) is 10.2 Å². The van der Waals surface area contributed by atoms with Gasteiger partial charge in [0.05, 0.1) is 6.42 Å². The van der Waals surface area contributed by atoms with E-state index in [4.69, 9.17) is 0 Å². The third-order valence-electron chi connectivity index (χ3n) is 4.86. The summed E-state index contributed by atoms with van der Waals surface area (Å²) >= 11 is 0. The van der Waals surface area contributed by atoms with Crippen molar-refractivity contribution in [2.24, 2.45) is 0 Å². The van der Waals surface area contributed by atoms with Crippen LogP contribution in [0.25, 0.3) is 0 Å². The number of halogens is 3. The standard InChI is InChI=1S/C14H21F3N2O2/c1-3-12(2)10(20)18-13(6-4-5-7-13)11(21)19(12)9-8-14(15,16)17/h3-9H2,1-2H3,(H,18,20). The molecule has 120 valence electrons. The second-order valence-electron chi connectivity index (χ2n) is 6.19. The van der Waals surface area contributed by atoms with Gasteiger partial charge in [0, 0.05) is 6.54 Å². The van der Waals surface area contributed by atoms with Gasteiger partial charge in [-0.1, -0.05) is 19.8 Å². The lowest BCUT2D eigenvalue weighted by atomic mass is 9.83. The van der Waals surface area contributed by atoms with E-state index < -0.39 is 30.2 Å². The number of carbonyl (C=O) groups excluding carboxylic acids is 2. The molecule has 7 heteroatoms. The molecule has 2 amide bonds. The highest BCUT2D eigenvalue weighted by molar-refractivity contribution is 6.02. The Balaban J connectivity index is 2.29. The lowest BCUT2D eigenvalue weighted by molar-refractivity contribution is -0.169. The van der Waals surface area contributed by atoms with E-state index in [0.29, 0.717) is 19.3 Å². The molecule has 1 aliphatic carbocycles. The normalized spacial score (nSPS) is 29.1. The Kier molecular flexibility index (Phi) is 3.97. The third-order valence-corrected chi connectivity index (χ3v) is 4.86. The van der Waals surface area contributed by atoms with Crippen molar-refractivity contribution in [3.8, 4) is 0 Å². The first-order valence-corrected chi connectivity index (χ1v) is 7.36. The Bertz CT molecular complexity index is 444. The molecule has 2 aliphatic rings. The summed E-state index contributed by atoms with van der Waals surface area (Å²) in [6.45, 7) is 2.79. The molecule has 0 aromatic rings. The van der Waals surface area contributed by atoms with Crippen LogP contribution in [0.4, 0.5) is 13.2 Å². The number of nitrogens with one attached hydrogen (secondary N) is 1. The van der Waals surface area contributed by atoms with E-state index in [2.05, 4.69) is 5.32 Å². The SMILES string of the molecule is CCC1(C)C(=O)NC2(CCCC2)C(=O)N1CCC(F)(F)F. The van der Waals surface area contributed by atoms with Gasteiger partial charge in [0.1, 0.15) is 11.1 Å². The summed E-state index contributed by atoms with van der Waals surface area (Å²) in [6, 6.07) is 0. The van der Waals surface area contributed by atoms with Crippen LogP contribution in [-0.2, 0) is 9.59 Å². The predicted molar refractivity (Wildman–Crippen MR) is 70.4 cm³/mol. The van der Waals surface area contributed by atoms with Crippen LogP contribution in [0.15, 0.2) is 0 Å². The van der Waals surface area contributed by atoms with Gasteiger partial charge >= 0.3 is 6.18 Å². The monoisotopic (exact) mass is 306 g/mol. The average Bonchev–Trinajstić information content (AvgIpc) is 2.85. The van der Waals surface area contributed by atoms with Crippen LogP contribution in [0.5, 0.6) is 0 Å². The van der Waals surface area contributed by atoms with Crippen LogP contribution in [0.3, 0.4) is 0 Å². The van der Waals surface area contributed by atoms with Gasteiger partial charge in [-0.05, 0) is 26.2 Å². The zero-order valence-corrected chi connectivity index (χ0v) is 12.3. The molecule has 2 rings (SSSR count). The Morgan fingerprint density at radius 3 is 2.29 bits per heavy atom. The third kappa shape index (κ3) is 2.74. The molecule has 1 aliphatic heterocycles. The van der Waals surface area contributed by atoms with Crippen LogP contribution < -0.4 is 5.32 Å². The van der Waals surface area contributed by atoms with Crippen molar-refractivity contribution >= 4 is 11.8 Å². The van der Waals surface area contributed by atoms with Gasteiger partial charge in [-0.15, -0.1) is 0 Å². The van der Waals surface area contributed by atoms with E-state index in [1.54, 1.807) is 13.8 Å². The van der Waals surface area contributed by atoms with Crippen molar-refractivity contribution in [1.29, 1.82) is 0 Å². The predicted octanol–water partition coefficient (Wildman–Crippen LogP) is 2.38. The highest BCUT2D eigenvalue weighted by atomic mass is 19.4. The minimum Gasteiger partial charge on any atom is -0.340 e. The maximum atomic E-state index is 12.7. The number of rotatable bonds is 3. The molecule has 2 fully saturated rings. The smallest absolute Gasteiger partial charge is 0.340 e. The molecule has 0 aromatic heterocycles. The van der Waals surface area contributed by atoms with Crippen LogP contribution in [0.1, 0.15) is 52.4 Å². The largest absolute Gasteiger partial charge is 0.390 e. The number of alkyl halides is 3. The molecular formula is C14H21F3N2O2. The van der Waals surface area contributed by atoms with E-state index in [0.717, 1.165) is 17.7 Å². The first kappa shape index (κ1) is 16.1. The fourth-order valence-corrected chi connectivity index (χ4v) is 3.27. The molecule has 1 unspecified atom stereocenters. The van der Waals surface area contributed by atoms with E-state index in [1.807, 2.05) is 0 Å². The Hall–Kier alpha value is -1.27. The maximum Gasteiger partial charge on any atom is 0.390 e. The van der Waals surface area contributed by atoms with Crippen molar-refractivity contribution in [2.45, 2.75) is 69.6 Å². The molecule has 1 heterocycles. The summed E-state index contributed by atoms with van der Waals surface area (Å²) < 4.78 is 37.6. The lowest BCUT2D eigenvalue weighted by Crippen LogP contribution is -2.74. The molecule has 1 N–H and O–H groups in total. The quantitative estimate of drug-likeness (QED) is 0.870. The number of hydrogen-bond acceptors (Lipinski definition) is 2. The number of nitrogens with zero attached hydrogens (tertiary/aromatic N) is 1. The minimum absolute atomic E-state index is 0.290. The molecular weight excluding hydrogens is 285 g/mol. The average molecular weight is 306 g/mol. The molecule has 0 aromatic carbocycles. The van der Waals surface area contributed by atoms with Crippen LogP contribution in [-0.4, -0.2) is 40.5 Å². The second kappa shape index (κ2) is 5.18. The summed E-state index contributed by atoms with van der Waals surface area (Å²) in [6.07, 6.45) is -2.49. The number of amides is 2. The van der Waals surface area contributed by atoms with Crippen molar-refractivity contribution in [3.05, 3.63) is 0 Å². The summed E-state index contributed by atoms with van der Waals surface area (Å²) in [5, 5.41) is 2.80. The highest BCUT2D eigenvalue weighted by Crippen LogP contribution is 2.39. The fourth-order valence-electron chi connectivity index (χ4n) is 3.27. The Labute approximate surface area is 122 Å². The summed E-state index contributed by atoms with van der Waals surface area (Å²) in [7, 11) is 0. The molecule has 1 spiro atoms. The first-order chi connectivity index (χ1) is 9.65.